The molecule has 3 rings (SSSR count). The minimum absolute atomic E-state index is 0.120. The molecule has 0 radical (unpaired) electrons. The summed E-state index contributed by atoms with van der Waals surface area (Å²) < 4.78 is 12.4. The predicted octanol–water partition coefficient (Wildman–Crippen LogP) is 3.46. The molecule has 0 saturated carbocycles. The van der Waals surface area contributed by atoms with Crippen LogP contribution in [0.2, 0.25) is 0 Å². The SMILES string of the molecule is NC(Cc1ccccc1Br)c1cccc2c1OCCO2. The van der Waals surface area contributed by atoms with Crippen LogP contribution in [-0.4, -0.2) is 13.2 Å². The van der Waals surface area contributed by atoms with Gasteiger partial charge in [-0.1, -0.05) is 46.3 Å². The highest BCUT2D eigenvalue weighted by molar-refractivity contribution is 9.10. The highest BCUT2D eigenvalue weighted by Crippen LogP contribution is 2.37. The van der Waals surface area contributed by atoms with E-state index in [2.05, 4.69) is 22.0 Å². The maximum Gasteiger partial charge on any atom is 0.166 e. The zero-order chi connectivity index (χ0) is 13.9. The molecule has 1 unspecified atom stereocenters. The molecule has 3 nitrogen and oxygen atoms in total. The second-order valence-corrected chi connectivity index (χ2v) is 5.63. The highest BCUT2D eigenvalue weighted by atomic mass is 79.9. The van der Waals surface area contributed by atoms with E-state index in [0.717, 1.165) is 28.0 Å². The first-order valence-electron chi connectivity index (χ1n) is 6.63. The van der Waals surface area contributed by atoms with Crippen molar-refractivity contribution in [2.45, 2.75) is 12.5 Å². The molecule has 2 N–H and O–H groups in total. The molecule has 0 spiro atoms. The number of para-hydroxylation sites is 1. The van der Waals surface area contributed by atoms with Crippen LogP contribution in [0.1, 0.15) is 17.2 Å². The highest BCUT2D eigenvalue weighted by Gasteiger charge is 2.20. The summed E-state index contributed by atoms with van der Waals surface area (Å²) in [7, 11) is 0. The van der Waals surface area contributed by atoms with Crippen LogP contribution in [0, 0.1) is 0 Å². The van der Waals surface area contributed by atoms with E-state index in [1.54, 1.807) is 0 Å². The Hall–Kier alpha value is -1.52. The van der Waals surface area contributed by atoms with Crippen LogP contribution in [0.3, 0.4) is 0 Å². The predicted molar refractivity (Wildman–Crippen MR) is 82.2 cm³/mol. The van der Waals surface area contributed by atoms with Crippen molar-refractivity contribution in [2.24, 2.45) is 5.73 Å². The van der Waals surface area contributed by atoms with Crippen molar-refractivity contribution >= 4 is 15.9 Å². The molecule has 2 aromatic carbocycles. The van der Waals surface area contributed by atoms with Crippen molar-refractivity contribution in [2.75, 3.05) is 13.2 Å². The van der Waals surface area contributed by atoms with Gasteiger partial charge in [-0.25, -0.2) is 0 Å². The number of fused-ring (bicyclic) bond motifs is 1. The Balaban J connectivity index is 1.88. The lowest BCUT2D eigenvalue weighted by molar-refractivity contribution is 0.169. The van der Waals surface area contributed by atoms with Crippen molar-refractivity contribution in [3.05, 3.63) is 58.1 Å². The van der Waals surface area contributed by atoms with Gasteiger partial charge in [-0.05, 0) is 24.1 Å². The van der Waals surface area contributed by atoms with Gasteiger partial charge in [-0.2, -0.15) is 0 Å². The monoisotopic (exact) mass is 333 g/mol. The fraction of sp³-hybridized carbons (Fsp3) is 0.250. The Kier molecular flexibility index (Phi) is 3.94. The summed E-state index contributed by atoms with van der Waals surface area (Å²) in [5, 5.41) is 0. The standard InChI is InChI=1S/C16H16BrNO2/c17-13-6-2-1-4-11(13)10-14(18)12-5-3-7-15-16(12)20-9-8-19-15/h1-7,14H,8-10,18H2. The molecule has 1 aliphatic heterocycles. The molecule has 0 bridgehead atoms. The average molecular weight is 334 g/mol. The van der Waals surface area contributed by atoms with Crippen LogP contribution in [0.15, 0.2) is 46.9 Å². The Morgan fingerprint density at radius 1 is 1.05 bits per heavy atom. The number of hydrogen-bond acceptors (Lipinski definition) is 3. The molecule has 2 aromatic rings. The van der Waals surface area contributed by atoms with Crippen LogP contribution in [0.5, 0.6) is 11.5 Å². The number of nitrogens with two attached hydrogens (primary N) is 1. The number of ether oxygens (including phenoxy) is 2. The topological polar surface area (TPSA) is 44.5 Å². The first kappa shape index (κ1) is 13.5. The van der Waals surface area contributed by atoms with Crippen LogP contribution < -0.4 is 15.2 Å². The number of hydrogen-bond donors (Lipinski definition) is 1. The molecule has 0 aromatic heterocycles. The van der Waals surface area contributed by atoms with Gasteiger partial charge in [0.15, 0.2) is 11.5 Å². The van der Waals surface area contributed by atoms with E-state index < -0.39 is 0 Å². The quantitative estimate of drug-likeness (QED) is 0.935. The Labute approximate surface area is 126 Å². The average Bonchev–Trinajstić information content (AvgIpc) is 2.49. The van der Waals surface area contributed by atoms with E-state index in [1.807, 2.05) is 36.4 Å². The summed E-state index contributed by atoms with van der Waals surface area (Å²) in [4.78, 5) is 0. The van der Waals surface area contributed by atoms with Crippen molar-refractivity contribution in [1.29, 1.82) is 0 Å². The maximum atomic E-state index is 6.36. The fourth-order valence-corrected chi connectivity index (χ4v) is 2.85. The lowest BCUT2D eigenvalue weighted by Crippen LogP contribution is -2.20. The molecule has 0 fully saturated rings. The van der Waals surface area contributed by atoms with E-state index in [0.29, 0.717) is 13.2 Å². The Morgan fingerprint density at radius 2 is 1.85 bits per heavy atom. The second-order valence-electron chi connectivity index (χ2n) is 4.77. The van der Waals surface area contributed by atoms with E-state index in [1.165, 1.54) is 5.56 Å². The molecular weight excluding hydrogens is 318 g/mol. The van der Waals surface area contributed by atoms with E-state index in [4.69, 9.17) is 15.2 Å². The van der Waals surface area contributed by atoms with Crippen LogP contribution >= 0.6 is 15.9 Å². The molecule has 1 heterocycles. The minimum atomic E-state index is -0.120. The van der Waals surface area contributed by atoms with Crippen molar-refractivity contribution in [3.63, 3.8) is 0 Å². The molecule has 4 heteroatoms. The third-order valence-electron chi connectivity index (χ3n) is 3.39. The first-order chi connectivity index (χ1) is 9.75. The third kappa shape index (κ3) is 2.67. The third-order valence-corrected chi connectivity index (χ3v) is 4.17. The molecule has 0 saturated heterocycles. The van der Waals surface area contributed by atoms with Crippen LogP contribution in [0.4, 0.5) is 0 Å². The van der Waals surface area contributed by atoms with Crippen molar-refractivity contribution in [1.82, 2.24) is 0 Å². The minimum Gasteiger partial charge on any atom is -0.486 e. The number of halogens is 1. The summed E-state index contributed by atoms with van der Waals surface area (Å²) in [6, 6.07) is 13.9. The molecule has 0 amide bonds. The second kappa shape index (κ2) is 5.85. The van der Waals surface area contributed by atoms with Gasteiger partial charge in [-0.3, -0.25) is 0 Å². The molecule has 20 heavy (non-hydrogen) atoms. The molecule has 0 aliphatic carbocycles. The summed E-state index contributed by atoms with van der Waals surface area (Å²) in [5.41, 5.74) is 8.55. The van der Waals surface area contributed by atoms with Crippen molar-refractivity contribution < 1.29 is 9.47 Å². The smallest absolute Gasteiger partial charge is 0.166 e. The molecule has 104 valence electrons. The zero-order valence-electron chi connectivity index (χ0n) is 11.0. The lowest BCUT2D eigenvalue weighted by Gasteiger charge is -2.23. The normalized spacial score (nSPS) is 14.9. The zero-order valence-corrected chi connectivity index (χ0v) is 12.6. The van der Waals surface area contributed by atoms with E-state index >= 15 is 0 Å². The van der Waals surface area contributed by atoms with E-state index in [9.17, 15) is 0 Å². The first-order valence-corrected chi connectivity index (χ1v) is 7.42. The van der Waals surface area contributed by atoms with Gasteiger partial charge in [0.2, 0.25) is 0 Å². The number of benzene rings is 2. The molecule has 1 atom stereocenters. The maximum absolute atomic E-state index is 6.36. The van der Waals surface area contributed by atoms with Gasteiger partial charge in [-0.15, -0.1) is 0 Å². The molecular formula is C16H16BrNO2. The van der Waals surface area contributed by atoms with Gasteiger partial charge in [0.1, 0.15) is 13.2 Å². The summed E-state index contributed by atoms with van der Waals surface area (Å²) in [6.45, 7) is 1.17. The van der Waals surface area contributed by atoms with E-state index in [-0.39, 0.29) is 6.04 Å². The largest absolute Gasteiger partial charge is 0.486 e. The Morgan fingerprint density at radius 3 is 2.70 bits per heavy atom. The van der Waals surface area contributed by atoms with Gasteiger partial charge in [0.05, 0.1) is 0 Å². The van der Waals surface area contributed by atoms with Gasteiger partial charge < -0.3 is 15.2 Å². The summed E-state index contributed by atoms with van der Waals surface area (Å²) in [5.74, 6) is 1.58. The van der Waals surface area contributed by atoms with Gasteiger partial charge in [0, 0.05) is 16.1 Å². The fourth-order valence-electron chi connectivity index (χ4n) is 2.40. The summed E-state index contributed by atoms with van der Waals surface area (Å²) >= 11 is 3.56. The van der Waals surface area contributed by atoms with Crippen molar-refractivity contribution in [3.8, 4) is 11.5 Å². The molecule has 1 aliphatic rings. The number of rotatable bonds is 3. The van der Waals surface area contributed by atoms with Gasteiger partial charge >= 0.3 is 0 Å². The van der Waals surface area contributed by atoms with Crippen LogP contribution in [0.25, 0.3) is 0 Å². The lowest BCUT2D eigenvalue weighted by atomic mass is 9.98. The Bertz CT molecular complexity index is 615. The summed E-state index contributed by atoms with van der Waals surface area (Å²) in [6.07, 6.45) is 0.751. The van der Waals surface area contributed by atoms with Gasteiger partial charge in [0.25, 0.3) is 0 Å². The van der Waals surface area contributed by atoms with Crippen LogP contribution in [-0.2, 0) is 6.42 Å².